The minimum Gasteiger partial charge on any atom is -0.499 e. The van der Waals surface area contributed by atoms with Crippen LogP contribution in [-0.2, 0) is 9.53 Å². The molecular formula is C24H29ClFNO3. The highest BCUT2D eigenvalue weighted by molar-refractivity contribution is 5.85. The Kier molecular flexibility index (Phi) is 8.88. The van der Waals surface area contributed by atoms with E-state index >= 15 is 0 Å². The van der Waals surface area contributed by atoms with Gasteiger partial charge in [-0.3, -0.25) is 9.69 Å². The van der Waals surface area contributed by atoms with Crippen molar-refractivity contribution < 1.29 is 19.0 Å². The molecule has 0 radical (unpaired) electrons. The molecule has 1 aliphatic heterocycles. The smallest absolute Gasteiger partial charge is 0.307 e. The van der Waals surface area contributed by atoms with E-state index in [4.69, 9.17) is 4.74 Å². The lowest BCUT2D eigenvalue weighted by Crippen LogP contribution is -2.40. The molecule has 0 amide bonds. The number of benzene rings is 2. The van der Waals surface area contributed by atoms with Crippen LogP contribution >= 0.6 is 12.4 Å². The number of hydrogen-bond acceptors (Lipinski definition) is 3. The van der Waals surface area contributed by atoms with Gasteiger partial charge < -0.3 is 9.84 Å². The van der Waals surface area contributed by atoms with Crippen LogP contribution in [0.15, 0.2) is 48.7 Å². The van der Waals surface area contributed by atoms with Gasteiger partial charge in [-0.15, -0.1) is 12.4 Å². The molecule has 0 bridgehead atoms. The Labute approximate surface area is 183 Å². The molecule has 0 spiro atoms. The first kappa shape index (κ1) is 23.9. The average molecular weight is 434 g/mol. The quantitative estimate of drug-likeness (QED) is 0.489. The van der Waals surface area contributed by atoms with Crippen LogP contribution in [0.2, 0.25) is 0 Å². The first-order chi connectivity index (χ1) is 14.0. The van der Waals surface area contributed by atoms with Crippen LogP contribution in [0, 0.1) is 25.6 Å². The van der Waals surface area contributed by atoms with E-state index in [-0.39, 0.29) is 24.1 Å². The number of carbonyl (C=O) groups is 1. The molecule has 162 valence electrons. The lowest BCUT2D eigenvalue weighted by atomic mass is 9.92. The lowest BCUT2D eigenvalue weighted by Gasteiger charge is -2.30. The summed E-state index contributed by atoms with van der Waals surface area (Å²) in [7, 11) is 0. The maximum atomic E-state index is 13.6. The average Bonchev–Trinajstić information content (AvgIpc) is 2.70. The number of halogens is 2. The number of carboxylic acid groups (broad SMARTS) is 1. The second kappa shape index (κ2) is 11.1. The largest absolute Gasteiger partial charge is 0.499 e. The number of nitrogens with zero attached hydrogens (tertiary/aromatic N) is 1. The highest BCUT2D eigenvalue weighted by Crippen LogP contribution is 2.29. The summed E-state index contributed by atoms with van der Waals surface area (Å²) in [5.74, 6) is -1.26. The molecule has 1 fully saturated rings. The van der Waals surface area contributed by atoms with Gasteiger partial charge in [0.2, 0.25) is 0 Å². The van der Waals surface area contributed by atoms with Gasteiger partial charge in [-0.05, 0) is 67.6 Å². The van der Waals surface area contributed by atoms with E-state index < -0.39 is 5.97 Å². The maximum Gasteiger partial charge on any atom is 0.307 e. The molecule has 2 aromatic rings. The van der Waals surface area contributed by atoms with E-state index in [9.17, 15) is 14.3 Å². The third-order valence-electron chi connectivity index (χ3n) is 5.50. The van der Waals surface area contributed by atoms with Crippen molar-refractivity contribution in [2.75, 3.05) is 26.2 Å². The van der Waals surface area contributed by atoms with Crippen molar-refractivity contribution in [1.82, 2.24) is 4.90 Å². The summed E-state index contributed by atoms with van der Waals surface area (Å²) in [6.07, 6.45) is 3.39. The molecule has 30 heavy (non-hydrogen) atoms. The number of hydrogen-bond donors (Lipinski definition) is 1. The predicted molar refractivity (Wildman–Crippen MR) is 119 cm³/mol. The normalized spacial score (nSPS) is 17.3. The second-order valence-corrected chi connectivity index (χ2v) is 7.65. The van der Waals surface area contributed by atoms with Crippen LogP contribution < -0.4 is 0 Å². The number of likely N-dealkylation sites (tertiary alicyclic amines) is 1. The molecule has 3 rings (SSSR count). The first-order valence-corrected chi connectivity index (χ1v) is 10.0. The van der Waals surface area contributed by atoms with Crippen LogP contribution in [0.4, 0.5) is 4.39 Å². The Hall–Kier alpha value is -2.37. The minimum absolute atomic E-state index is 0. The number of rotatable bonds is 7. The number of aryl methyl sites for hydroxylation is 2. The summed E-state index contributed by atoms with van der Waals surface area (Å²) < 4.78 is 19.5. The van der Waals surface area contributed by atoms with Crippen LogP contribution in [0.3, 0.4) is 0 Å². The monoisotopic (exact) mass is 433 g/mol. The predicted octanol–water partition coefficient (Wildman–Crippen LogP) is 5.07. The highest BCUT2D eigenvalue weighted by Gasteiger charge is 2.24. The summed E-state index contributed by atoms with van der Waals surface area (Å²) >= 11 is 0. The van der Waals surface area contributed by atoms with Crippen molar-refractivity contribution >= 4 is 23.9 Å². The number of carboxylic acids is 1. The molecule has 1 aliphatic rings. The summed E-state index contributed by atoms with van der Waals surface area (Å²) in [4.78, 5) is 13.4. The Bertz CT molecular complexity index is 900. The summed E-state index contributed by atoms with van der Waals surface area (Å²) in [6.45, 7) is 6.57. The van der Waals surface area contributed by atoms with Gasteiger partial charge in [0.05, 0.1) is 12.2 Å². The summed E-state index contributed by atoms with van der Waals surface area (Å²) in [6, 6.07) is 12.8. The molecule has 6 heteroatoms. The van der Waals surface area contributed by atoms with Crippen molar-refractivity contribution in [1.29, 1.82) is 0 Å². The van der Waals surface area contributed by atoms with Gasteiger partial charge in [-0.2, -0.15) is 0 Å². The molecule has 1 N–H and O–H groups in total. The topological polar surface area (TPSA) is 49.8 Å². The zero-order chi connectivity index (χ0) is 20.8. The van der Waals surface area contributed by atoms with Gasteiger partial charge in [0, 0.05) is 18.7 Å². The fourth-order valence-corrected chi connectivity index (χ4v) is 3.86. The molecule has 1 unspecified atom stereocenters. The van der Waals surface area contributed by atoms with Gasteiger partial charge in [0.15, 0.2) is 0 Å². The van der Waals surface area contributed by atoms with Crippen molar-refractivity contribution in [2.45, 2.75) is 26.7 Å². The third kappa shape index (κ3) is 6.07. The van der Waals surface area contributed by atoms with Gasteiger partial charge in [0.1, 0.15) is 12.4 Å². The second-order valence-electron chi connectivity index (χ2n) is 7.65. The zero-order valence-corrected chi connectivity index (χ0v) is 18.3. The van der Waals surface area contributed by atoms with E-state index in [0.717, 1.165) is 47.2 Å². The summed E-state index contributed by atoms with van der Waals surface area (Å²) in [5, 5.41) is 9.23. The Morgan fingerprint density at radius 2 is 1.93 bits per heavy atom. The van der Waals surface area contributed by atoms with Crippen LogP contribution in [0.1, 0.15) is 35.1 Å². The first-order valence-electron chi connectivity index (χ1n) is 10.0. The van der Waals surface area contributed by atoms with E-state index in [1.165, 1.54) is 12.1 Å². The molecule has 4 nitrogen and oxygen atoms in total. The molecule has 0 aromatic heterocycles. The van der Waals surface area contributed by atoms with Crippen LogP contribution in [-0.4, -0.2) is 42.2 Å². The van der Waals surface area contributed by atoms with Gasteiger partial charge in [0.25, 0.3) is 0 Å². The van der Waals surface area contributed by atoms with Crippen LogP contribution in [0.25, 0.3) is 5.57 Å². The Balaban J connectivity index is 0.00000320. The standard InChI is InChI=1S/C24H28FNO3.ClH/c1-17-6-3-4-8-21(17)23(22-10-9-20(25)14-18(22)2)16-29-13-12-26-11-5-7-19(15-26)24(27)28;/h3-4,6,8-10,14,16,19H,5,7,11-13,15H2,1-2H3,(H,27,28);1H. The van der Waals surface area contributed by atoms with E-state index in [0.29, 0.717) is 19.7 Å². The molecule has 1 saturated heterocycles. The molecule has 1 atom stereocenters. The minimum atomic E-state index is -0.718. The fraction of sp³-hybridized carbons (Fsp3) is 0.375. The van der Waals surface area contributed by atoms with Crippen molar-refractivity contribution in [3.05, 3.63) is 76.8 Å². The number of aliphatic carboxylic acids is 1. The van der Waals surface area contributed by atoms with Gasteiger partial charge in [-0.1, -0.05) is 30.3 Å². The van der Waals surface area contributed by atoms with Crippen molar-refractivity contribution in [3.63, 3.8) is 0 Å². The molecule has 1 heterocycles. The molecule has 2 aromatic carbocycles. The van der Waals surface area contributed by atoms with E-state index in [1.54, 1.807) is 12.3 Å². The lowest BCUT2D eigenvalue weighted by molar-refractivity contribution is -0.143. The van der Waals surface area contributed by atoms with Gasteiger partial charge in [-0.25, -0.2) is 4.39 Å². The van der Waals surface area contributed by atoms with E-state index in [2.05, 4.69) is 4.90 Å². The van der Waals surface area contributed by atoms with Crippen molar-refractivity contribution in [3.8, 4) is 0 Å². The number of piperidine rings is 1. The molecule has 0 aliphatic carbocycles. The number of ether oxygens (including phenoxy) is 1. The van der Waals surface area contributed by atoms with Crippen LogP contribution in [0.5, 0.6) is 0 Å². The van der Waals surface area contributed by atoms with Gasteiger partial charge >= 0.3 is 5.97 Å². The summed E-state index contributed by atoms with van der Waals surface area (Å²) in [5.41, 5.74) is 4.87. The SMILES string of the molecule is Cc1ccccc1C(=COCCN1CCCC(C(=O)O)C1)c1ccc(F)cc1C.Cl. The molecule has 0 saturated carbocycles. The fourth-order valence-electron chi connectivity index (χ4n) is 3.86. The van der Waals surface area contributed by atoms with E-state index in [1.807, 2.05) is 38.1 Å². The maximum absolute atomic E-state index is 13.6. The third-order valence-corrected chi connectivity index (χ3v) is 5.50. The zero-order valence-electron chi connectivity index (χ0n) is 17.4. The highest BCUT2D eigenvalue weighted by atomic mass is 35.5. The van der Waals surface area contributed by atoms with Crippen molar-refractivity contribution in [2.24, 2.45) is 5.92 Å². The molecular weight excluding hydrogens is 405 g/mol. The Morgan fingerprint density at radius 1 is 1.20 bits per heavy atom. The Morgan fingerprint density at radius 3 is 2.63 bits per heavy atom.